The second-order valence-electron chi connectivity index (χ2n) is 4.88. The summed E-state index contributed by atoms with van der Waals surface area (Å²) < 4.78 is 0. The SMILES string of the molecule is CCCN(CC(=O)O)C(=O)C1CCSc2ccccc21. The van der Waals surface area contributed by atoms with Gasteiger partial charge >= 0.3 is 5.97 Å². The highest BCUT2D eigenvalue weighted by Gasteiger charge is 2.30. The third kappa shape index (κ3) is 3.33. The summed E-state index contributed by atoms with van der Waals surface area (Å²) in [6, 6.07) is 7.92. The zero-order chi connectivity index (χ0) is 14.5. The second-order valence-corrected chi connectivity index (χ2v) is 6.02. The number of hydrogen-bond donors (Lipinski definition) is 1. The summed E-state index contributed by atoms with van der Waals surface area (Å²) in [5.41, 5.74) is 1.04. The molecule has 1 amide bonds. The predicted molar refractivity (Wildman–Crippen MR) is 79.0 cm³/mol. The van der Waals surface area contributed by atoms with Crippen molar-refractivity contribution >= 4 is 23.6 Å². The molecule has 5 heteroatoms. The number of carbonyl (C=O) groups is 2. The van der Waals surface area contributed by atoms with Crippen LogP contribution in [0.3, 0.4) is 0 Å². The average Bonchev–Trinajstić information content (AvgIpc) is 2.45. The first-order chi connectivity index (χ1) is 9.63. The molecule has 0 spiro atoms. The quantitative estimate of drug-likeness (QED) is 0.906. The van der Waals surface area contributed by atoms with Crippen molar-refractivity contribution in [1.82, 2.24) is 4.90 Å². The van der Waals surface area contributed by atoms with E-state index >= 15 is 0 Å². The van der Waals surface area contributed by atoms with Crippen LogP contribution in [0.4, 0.5) is 0 Å². The molecular formula is C15H19NO3S. The Bertz CT molecular complexity index is 504. The van der Waals surface area contributed by atoms with E-state index in [0.29, 0.717) is 6.54 Å². The van der Waals surface area contributed by atoms with E-state index < -0.39 is 5.97 Å². The molecule has 108 valence electrons. The van der Waals surface area contributed by atoms with Gasteiger partial charge in [-0.2, -0.15) is 0 Å². The molecule has 1 unspecified atom stereocenters. The number of carboxylic acids is 1. The Morgan fingerprint density at radius 3 is 2.85 bits per heavy atom. The van der Waals surface area contributed by atoms with E-state index in [1.807, 2.05) is 31.2 Å². The standard InChI is InChI=1S/C15H19NO3S/c1-2-8-16(10-14(17)18)15(19)12-7-9-20-13-6-4-3-5-11(12)13/h3-6,12H,2,7-10H2,1H3,(H,17,18). The second kappa shape index (κ2) is 6.79. The van der Waals surface area contributed by atoms with Crippen molar-refractivity contribution in [1.29, 1.82) is 0 Å². The third-order valence-corrected chi connectivity index (χ3v) is 4.51. The van der Waals surface area contributed by atoms with E-state index in [1.165, 1.54) is 4.90 Å². The van der Waals surface area contributed by atoms with Gasteiger partial charge in [0.2, 0.25) is 5.91 Å². The highest BCUT2D eigenvalue weighted by Crippen LogP contribution is 2.38. The maximum atomic E-state index is 12.6. The van der Waals surface area contributed by atoms with Crippen LogP contribution in [0, 0.1) is 0 Å². The van der Waals surface area contributed by atoms with Crippen LogP contribution in [0.25, 0.3) is 0 Å². The van der Waals surface area contributed by atoms with Crippen LogP contribution in [-0.4, -0.2) is 40.7 Å². The number of rotatable bonds is 5. The molecule has 20 heavy (non-hydrogen) atoms. The number of thioether (sulfide) groups is 1. The first-order valence-corrected chi connectivity index (χ1v) is 7.84. The molecule has 0 saturated heterocycles. The van der Waals surface area contributed by atoms with Crippen LogP contribution in [-0.2, 0) is 9.59 Å². The summed E-state index contributed by atoms with van der Waals surface area (Å²) in [6.07, 6.45) is 1.54. The lowest BCUT2D eigenvalue weighted by atomic mass is 9.94. The van der Waals surface area contributed by atoms with Gasteiger partial charge in [0.05, 0.1) is 5.92 Å². The Balaban J connectivity index is 2.21. The minimum absolute atomic E-state index is 0.0537. The largest absolute Gasteiger partial charge is 0.480 e. The Morgan fingerprint density at radius 1 is 1.40 bits per heavy atom. The molecule has 1 N–H and O–H groups in total. The third-order valence-electron chi connectivity index (χ3n) is 3.39. The van der Waals surface area contributed by atoms with Crippen LogP contribution in [0.15, 0.2) is 29.2 Å². The van der Waals surface area contributed by atoms with Gasteiger partial charge in [0.1, 0.15) is 6.54 Å². The molecule has 0 radical (unpaired) electrons. The van der Waals surface area contributed by atoms with Gasteiger partial charge in [-0.05, 0) is 30.2 Å². The zero-order valence-corrected chi connectivity index (χ0v) is 12.4. The number of hydrogen-bond acceptors (Lipinski definition) is 3. The van der Waals surface area contributed by atoms with Crippen molar-refractivity contribution in [2.45, 2.75) is 30.6 Å². The fourth-order valence-electron chi connectivity index (χ4n) is 2.52. The van der Waals surface area contributed by atoms with Gasteiger partial charge in [0.15, 0.2) is 0 Å². The van der Waals surface area contributed by atoms with Crippen LogP contribution in [0.2, 0.25) is 0 Å². The van der Waals surface area contributed by atoms with Crippen molar-refractivity contribution in [3.63, 3.8) is 0 Å². The van der Waals surface area contributed by atoms with Crippen molar-refractivity contribution < 1.29 is 14.7 Å². The maximum Gasteiger partial charge on any atom is 0.323 e. The zero-order valence-electron chi connectivity index (χ0n) is 11.5. The van der Waals surface area contributed by atoms with Crippen LogP contribution in [0.1, 0.15) is 31.2 Å². The fourth-order valence-corrected chi connectivity index (χ4v) is 3.64. The molecule has 1 aliphatic rings. The summed E-state index contributed by atoms with van der Waals surface area (Å²) in [5.74, 6) is -0.300. The Labute approximate surface area is 123 Å². The topological polar surface area (TPSA) is 57.6 Å². The van der Waals surface area contributed by atoms with Crippen LogP contribution in [0.5, 0.6) is 0 Å². The highest BCUT2D eigenvalue weighted by atomic mass is 32.2. The molecule has 1 aromatic carbocycles. The Morgan fingerprint density at radius 2 is 2.15 bits per heavy atom. The van der Waals surface area contributed by atoms with Crippen molar-refractivity contribution in [2.24, 2.45) is 0 Å². The number of benzene rings is 1. The minimum Gasteiger partial charge on any atom is -0.480 e. The maximum absolute atomic E-state index is 12.6. The van der Waals surface area contributed by atoms with E-state index in [9.17, 15) is 9.59 Å². The summed E-state index contributed by atoms with van der Waals surface area (Å²) in [7, 11) is 0. The van der Waals surface area contributed by atoms with E-state index in [1.54, 1.807) is 11.8 Å². The lowest BCUT2D eigenvalue weighted by Gasteiger charge is -2.29. The molecule has 1 aromatic rings. The smallest absolute Gasteiger partial charge is 0.323 e. The highest BCUT2D eigenvalue weighted by molar-refractivity contribution is 7.99. The number of nitrogens with zero attached hydrogens (tertiary/aromatic N) is 1. The van der Waals surface area contributed by atoms with Crippen molar-refractivity contribution in [2.75, 3.05) is 18.8 Å². The number of aliphatic carboxylic acids is 1. The van der Waals surface area contributed by atoms with Gasteiger partial charge in [-0.25, -0.2) is 0 Å². The number of carbonyl (C=O) groups excluding carboxylic acids is 1. The first kappa shape index (κ1) is 14.9. The molecule has 2 rings (SSSR count). The van der Waals surface area contributed by atoms with Crippen LogP contribution < -0.4 is 0 Å². The first-order valence-electron chi connectivity index (χ1n) is 6.85. The van der Waals surface area contributed by atoms with Crippen molar-refractivity contribution in [3.05, 3.63) is 29.8 Å². The molecule has 0 fully saturated rings. The normalized spacial score (nSPS) is 17.4. The summed E-state index contributed by atoms with van der Waals surface area (Å²) >= 11 is 1.76. The van der Waals surface area contributed by atoms with Gasteiger partial charge in [0, 0.05) is 11.4 Å². The van der Waals surface area contributed by atoms with Gasteiger partial charge in [-0.3, -0.25) is 9.59 Å². The molecule has 1 atom stereocenters. The summed E-state index contributed by atoms with van der Waals surface area (Å²) in [5, 5.41) is 8.96. The van der Waals surface area contributed by atoms with E-state index in [-0.39, 0.29) is 18.4 Å². The van der Waals surface area contributed by atoms with Gasteiger partial charge in [-0.15, -0.1) is 11.8 Å². The van der Waals surface area contributed by atoms with Crippen LogP contribution >= 0.6 is 11.8 Å². The van der Waals surface area contributed by atoms with E-state index in [4.69, 9.17) is 5.11 Å². The molecule has 1 aliphatic heterocycles. The van der Waals surface area contributed by atoms with Gasteiger partial charge in [-0.1, -0.05) is 25.1 Å². The molecule has 4 nitrogen and oxygen atoms in total. The molecular weight excluding hydrogens is 274 g/mol. The van der Waals surface area contributed by atoms with Crippen molar-refractivity contribution in [3.8, 4) is 0 Å². The fraction of sp³-hybridized carbons (Fsp3) is 0.467. The number of fused-ring (bicyclic) bond motifs is 1. The number of carboxylic acid groups (broad SMARTS) is 1. The molecule has 0 aromatic heterocycles. The summed E-state index contributed by atoms with van der Waals surface area (Å²) in [6.45, 7) is 2.24. The molecule has 0 bridgehead atoms. The lowest BCUT2D eigenvalue weighted by molar-refractivity contribution is -0.145. The predicted octanol–water partition coefficient (Wildman–Crippen LogP) is 2.59. The summed E-state index contributed by atoms with van der Waals surface area (Å²) in [4.78, 5) is 26.2. The molecule has 0 aliphatic carbocycles. The van der Waals surface area contributed by atoms with E-state index in [2.05, 4.69) is 0 Å². The lowest BCUT2D eigenvalue weighted by Crippen LogP contribution is -2.40. The minimum atomic E-state index is -0.953. The molecule has 0 saturated carbocycles. The Hall–Kier alpha value is -1.49. The number of amides is 1. The average molecular weight is 293 g/mol. The van der Waals surface area contributed by atoms with Gasteiger partial charge in [0.25, 0.3) is 0 Å². The molecule has 1 heterocycles. The van der Waals surface area contributed by atoms with Gasteiger partial charge < -0.3 is 10.0 Å². The monoisotopic (exact) mass is 293 g/mol. The Kier molecular flexibility index (Phi) is 5.06. The van der Waals surface area contributed by atoms with E-state index in [0.717, 1.165) is 29.1 Å².